The lowest BCUT2D eigenvalue weighted by atomic mass is 10.3. The minimum absolute atomic E-state index is 0.315. The lowest BCUT2D eigenvalue weighted by molar-refractivity contribution is -0.116. The molecule has 0 atom stereocenters. The van der Waals surface area contributed by atoms with Crippen LogP contribution in [0.4, 0.5) is 0 Å². The lowest BCUT2D eigenvalue weighted by Crippen LogP contribution is -2.24. The molecule has 0 aliphatic carbocycles. The Morgan fingerprint density at radius 3 is 2.00 bits per heavy atom. The van der Waals surface area contributed by atoms with Crippen LogP contribution in [0, 0.1) is 5.41 Å². The molecule has 0 saturated carbocycles. The van der Waals surface area contributed by atoms with Crippen molar-refractivity contribution in [2.45, 2.75) is 10.2 Å². The van der Waals surface area contributed by atoms with E-state index in [4.69, 9.17) is 45.9 Å². The van der Waals surface area contributed by atoms with Crippen molar-refractivity contribution in [1.29, 1.82) is 5.41 Å². The fraction of sp³-hybridized carbons (Fsp3) is 0.500. The second-order valence-electron chi connectivity index (χ2n) is 1.62. The van der Waals surface area contributed by atoms with Gasteiger partial charge in [0.15, 0.2) is 0 Å². The molecule has 0 fully saturated rings. The summed E-state index contributed by atoms with van der Waals surface area (Å²) in [4.78, 5) is 10.2. The SMILES string of the molecule is N=C(CC(N)=O)C(Cl)(Cl)Cl. The molecule has 0 heterocycles. The van der Waals surface area contributed by atoms with E-state index in [1.54, 1.807) is 0 Å². The number of nitrogens with two attached hydrogens (primary N) is 1. The number of rotatable bonds is 2. The predicted molar refractivity (Wildman–Crippen MR) is 41.8 cm³/mol. The van der Waals surface area contributed by atoms with Crippen molar-refractivity contribution in [2.24, 2.45) is 5.73 Å². The maximum Gasteiger partial charge on any atom is 0.228 e. The Labute approximate surface area is 72.9 Å². The smallest absolute Gasteiger partial charge is 0.228 e. The first-order valence-corrected chi connectivity index (χ1v) is 3.40. The Balaban J connectivity index is 3.99. The van der Waals surface area contributed by atoms with Crippen LogP contribution >= 0.6 is 34.8 Å². The van der Waals surface area contributed by atoms with Gasteiger partial charge in [0.1, 0.15) is 0 Å². The van der Waals surface area contributed by atoms with Crippen LogP contribution in [0.3, 0.4) is 0 Å². The third kappa shape index (κ3) is 3.93. The van der Waals surface area contributed by atoms with Crippen LogP contribution in [-0.2, 0) is 4.79 Å². The summed E-state index contributed by atoms with van der Waals surface area (Å²) in [5.74, 6) is -0.684. The zero-order valence-corrected chi connectivity index (χ0v) is 7.09. The molecule has 0 aliphatic rings. The molecular formula is C4H5Cl3N2O. The summed E-state index contributed by atoms with van der Waals surface area (Å²) in [6, 6.07) is 0. The highest BCUT2D eigenvalue weighted by molar-refractivity contribution is 6.76. The fourth-order valence-corrected chi connectivity index (χ4v) is 0.475. The number of hydrogen-bond acceptors (Lipinski definition) is 2. The van der Waals surface area contributed by atoms with Crippen molar-refractivity contribution >= 4 is 46.4 Å². The Morgan fingerprint density at radius 2 is 1.90 bits per heavy atom. The lowest BCUT2D eigenvalue weighted by Gasteiger charge is -2.09. The van der Waals surface area contributed by atoms with Crippen LogP contribution in [-0.4, -0.2) is 15.4 Å². The molecular weight excluding hydrogens is 198 g/mol. The summed E-state index contributed by atoms with van der Waals surface area (Å²) in [6.45, 7) is 0. The van der Waals surface area contributed by atoms with Gasteiger partial charge in [0, 0.05) is 0 Å². The van der Waals surface area contributed by atoms with E-state index in [1.165, 1.54) is 0 Å². The summed E-state index contributed by atoms with van der Waals surface area (Å²) < 4.78 is -1.81. The monoisotopic (exact) mass is 202 g/mol. The van der Waals surface area contributed by atoms with Crippen LogP contribution in [0.2, 0.25) is 0 Å². The summed E-state index contributed by atoms with van der Waals surface area (Å²) in [7, 11) is 0. The zero-order valence-electron chi connectivity index (χ0n) is 4.83. The number of carbonyl (C=O) groups is 1. The van der Waals surface area contributed by atoms with Crippen molar-refractivity contribution in [3.8, 4) is 0 Å². The molecule has 1 amide bonds. The molecule has 0 rings (SSSR count). The van der Waals surface area contributed by atoms with E-state index in [0.717, 1.165) is 0 Å². The van der Waals surface area contributed by atoms with Gasteiger partial charge >= 0.3 is 0 Å². The number of hydrogen-bond donors (Lipinski definition) is 2. The second-order valence-corrected chi connectivity index (χ2v) is 3.90. The van der Waals surface area contributed by atoms with Crippen LogP contribution in [0.1, 0.15) is 6.42 Å². The third-order valence-corrected chi connectivity index (χ3v) is 1.38. The second kappa shape index (κ2) is 3.42. The van der Waals surface area contributed by atoms with Crippen molar-refractivity contribution in [2.75, 3.05) is 0 Å². The Hall–Kier alpha value is 0.01000. The molecule has 0 spiro atoms. The van der Waals surface area contributed by atoms with Gasteiger partial charge in [0.2, 0.25) is 9.70 Å². The van der Waals surface area contributed by atoms with Gasteiger partial charge in [0.05, 0.1) is 12.1 Å². The van der Waals surface area contributed by atoms with Gasteiger partial charge in [-0.2, -0.15) is 0 Å². The molecule has 0 aromatic rings. The van der Waals surface area contributed by atoms with E-state index in [0.29, 0.717) is 0 Å². The molecule has 0 bridgehead atoms. The van der Waals surface area contributed by atoms with E-state index in [9.17, 15) is 4.79 Å². The van der Waals surface area contributed by atoms with Crippen LogP contribution in [0.15, 0.2) is 0 Å². The average molecular weight is 203 g/mol. The molecule has 0 radical (unpaired) electrons. The van der Waals surface area contributed by atoms with Crippen LogP contribution < -0.4 is 5.73 Å². The molecule has 0 aromatic heterocycles. The maximum atomic E-state index is 10.2. The summed E-state index contributed by atoms with van der Waals surface area (Å²) >= 11 is 15.7. The first kappa shape index (κ1) is 10.0. The number of alkyl halides is 3. The summed E-state index contributed by atoms with van der Waals surface area (Å²) in [6.07, 6.45) is -0.323. The van der Waals surface area contributed by atoms with E-state index in [2.05, 4.69) is 0 Å². The number of halogens is 3. The Bertz CT molecular complexity index is 162. The Morgan fingerprint density at radius 1 is 1.50 bits per heavy atom. The predicted octanol–water partition coefficient (Wildman–Crippen LogP) is 1.25. The quantitative estimate of drug-likeness (QED) is 0.515. The van der Waals surface area contributed by atoms with Crippen molar-refractivity contribution in [3.63, 3.8) is 0 Å². The molecule has 0 saturated heterocycles. The van der Waals surface area contributed by atoms with Gasteiger partial charge in [-0.3, -0.25) is 4.79 Å². The topological polar surface area (TPSA) is 66.9 Å². The zero-order chi connectivity index (χ0) is 8.36. The van der Waals surface area contributed by atoms with Crippen molar-refractivity contribution in [1.82, 2.24) is 0 Å². The van der Waals surface area contributed by atoms with E-state index < -0.39 is 9.70 Å². The number of nitrogens with one attached hydrogen (secondary N) is 1. The molecule has 10 heavy (non-hydrogen) atoms. The minimum atomic E-state index is -1.81. The van der Waals surface area contributed by atoms with Gasteiger partial charge in [-0.25, -0.2) is 0 Å². The molecule has 3 N–H and O–H groups in total. The molecule has 0 unspecified atom stereocenters. The Kier molecular flexibility index (Phi) is 3.42. The molecule has 6 heteroatoms. The maximum absolute atomic E-state index is 10.2. The minimum Gasteiger partial charge on any atom is -0.369 e. The highest BCUT2D eigenvalue weighted by Crippen LogP contribution is 2.28. The first-order valence-electron chi connectivity index (χ1n) is 2.27. The van der Waals surface area contributed by atoms with Crippen molar-refractivity contribution < 1.29 is 4.79 Å². The van der Waals surface area contributed by atoms with Gasteiger partial charge in [-0.15, -0.1) is 0 Å². The standard InChI is InChI=1S/C4H5Cl3N2O/c5-4(6,7)2(8)1-3(9)10/h8H,1H2,(H2,9,10). The molecule has 3 nitrogen and oxygen atoms in total. The number of carbonyl (C=O) groups excluding carboxylic acids is 1. The van der Waals surface area contributed by atoms with Gasteiger partial charge in [0.25, 0.3) is 0 Å². The largest absolute Gasteiger partial charge is 0.369 e. The van der Waals surface area contributed by atoms with Gasteiger partial charge in [-0.1, -0.05) is 34.8 Å². The van der Waals surface area contributed by atoms with E-state index >= 15 is 0 Å². The van der Waals surface area contributed by atoms with Crippen LogP contribution in [0.5, 0.6) is 0 Å². The summed E-state index contributed by atoms with van der Waals surface area (Å²) in [5.41, 5.74) is 4.42. The average Bonchev–Trinajstić information content (AvgIpc) is 1.60. The normalized spacial score (nSPS) is 11.1. The summed E-state index contributed by atoms with van der Waals surface area (Å²) in [5, 5.41) is 6.97. The highest BCUT2D eigenvalue weighted by atomic mass is 35.6. The molecule has 0 aliphatic heterocycles. The van der Waals surface area contributed by atoms with E-state index in [1.807, 2.05) is 0 Å². The number of amides is 1. The van der Waals surface area contributed by atoms with Crippen LogP contribution in [0.25, 0.3) is 0 Å². The van der Waals surface area contributed by atoms with Gasteiger partial charge < -0.3 is 11.1 Å². The highest BCUT2D eigenvalue weighted by Gasteiger charge is 2.27. The first-order chi connectivity index (χ1) is 4.34. The van der Waals surface area contributed by atoms with Crippen molar-refractivity contribution in [3.05, 3.63) is 0 Å². The fourth-order valence-electron chi connectivity index (χ4n) is 0.274. The van der Waals surface area contributed by atoms with E-state index in [-0.39, 0.29) is 12.1 Å². The third-order valence-electron chi connectivity index (χ3n) is 0.693. The number of primary amides is 1. The molecule has 58 valence electrons. The molecule has 0 aromatic carbocycles. The van der Waals surface area contributed by atoms with Gasteiger partial charge in [-0.05, 0) is 0 Å².